The fourth-order valence-electron chi connectivity index (χ4n) is 7.11. The zero-order valence-electron chi connectivity index (χ0n) is 13.2. The molecule has 6 saturated carbocycles. The Kier molecular flexibility index (Phi) is 2.63. The molecule has 6 rings (SSSR count). The second-order valence-electron chi connectivity index (χ2n) is 9.19. The summed E-state index contributed by atoms with van der Waals surface area (Å²) in [6.45, 7) is 2.28. The lowest BCUT2D eigenvalue weighted by molar-refractivity contribution is -0.208. The summed E-state index contributed by atoms with van der Waals surface area (Å²) >= 11 is 0. The van der Waals surface area contributed by atoms with Crippen molar-refractivity contribution in [3.05, 3.63) is 0 Å². The van der Waals surface area contributed by atoms with E-state index in [1.165, 1.54) is 51.4 Å². The molecule has 0 amide bonds. The van der Waals surface area contributed by atoms with Gasteiger partial charge in [-0.3, -0.25) is 4.79 Å². The van der Waals surface area contributed by atoms with Gasteiger partial charge in [-0.1, -0.05) is 6.42 Å². The highest BCUT2D eigenvalue weighted by Crippen LogP contribution is 2.60. The number of carbonyl (C=O) groups is 1. The monoisotopic (exact) mass is 288 g/mol. The standard InChI is InChI=1S/C19H28O2/c1-19(15-6-12-4-13(8-15)9-16(19)7-12)21-18(20)17-10-11-2-3-14(17)5-11/h11-17H,2-10H2,1H3. The van der Waals surface area contributed by atoms with E-state index in [1.807, 2.05) is 0 Å². The lowest BCUT2D eigenvalue weighted by Gasteiger charge is -2.59. The highest BCUT2D eigenvalue weighted by atomic mass is 16.6. The van der Waals surface area contributed by atoms with Gasteiger partial charge in [-0.2, -0.15) is 0 Å². The van der Waals surface area contributed by atoms with E-state index in [4.69, 9.17) is 4.74 Å². The van der Waals surface area contributed by atoms with Crippen molar-refractivity contribution in [1.82, 2.24) is 0 Å². The van der Waals surface area contributed by atoms with Gasteiger partial charge in [0, 0.05) is 0 Å². The summed E-state index contributed by atoms with van der Waals surface area (Å²) in [5.41, 5.74) is -0.119. The van der Waals surface area contributed by atoms with Crippen LogP contribution in [0.25, 0.3) is 0 Å². The normalized spacial score (nSPS) is 56.9. The smallest absolute Gasteiger partial charge is 0.309 e. The third-order valence-corrected chi connectivity index (χ3v) is 8.12. The minimum atomic E-state index is -0.119. The summed E-state index contributed by atoms with van der Waals surface area (Å²) in [7, 11) is 0. The Labute approximate surface area is 128 Å². The van der Waals surface area contributed by atoms with Crippen LogP contribution in [0, 0.1) is 41.4 Å². The molecule has 0 aromatic carbocycles. The average molecular weight is 288 g/mol. The molecule has 2 heteroatoms. The number of hydrogen-bond donors (Lipinski definition) is 0. The Morgan fingerprint density at radius 2 is 1.52 bits per heavy atom. The van der Waals surface area contributed by atoms with Crippen LogP contribution in [0.2, 0.25) is 0 Å². The molecule has 6 fully saturated rings. The Hall–Kier alpha value is -0.530. The quantitative estimate of drug-likeness (QED) is 0.712. The van der Waals surface area contributed by atoms with E-state index in [0.29, 0.717) is 17.8 Å². The van der Waals surface area contributed by atoms with Crippen LogP contribution in [0.3, 0.4) is 0 Å². The Morgan fingerprint density at radius 3 is 2.05 bits per heavy atom. The van der Waals surface area contributed by atoms with Crippen molar-refractivity contribution in [1.29, 1.82) is 0 Å². The van der Waals surface area contributed by atoms with Crippen LogP contribution in [0.4, 0.5) is 0 Å². The molecule has 2 nitrogen and oxygen atoms in total. The summed E-state index contributed by atoms with van der Waals surface area (Å²) in [4.78, 5) is 12.8. The molecule has 6 bridgehead atoms. The molecule has 0 aromatic heterocycles. The lowest BCUT2D eigenvalue weighted by Crippen LogP contribution is -2.58. The molecule has 3 atom stereocenters. The molecule has 6 aliphatic rings. The number of ether oxygens (including phenoxy) is 1. The molecule has 0 saturated heterocycles. The maximum Gasteiger partial charge on any atom is 0.309 e. The number of carbonyl (C=O) groups excluding carboxylic acids is 1. The number of fused-ring (bicyclic) bond motifs is 2. The van der Waals surface area contributed by atoms with Crippen LogP contribution in [-0.4, -0.2) is 11.6 Å². The topological polar surface area (TPSA) is 26.3 Å². The predicted molar refractivity (Wildman–Crippen MR) is 80.5 cm³/mol. The summed E-state index contributed by atoms with van der Waals surface area (Å²) in [6.07, 6.45) is 11.8. The van der Waals surface area contributed by atoms with Crippen LogP contribution in [0.15, 0.2) is 0 Å². The van der Waals surface area contributed by atoms with Gasteiger partial charge in [0.15, 0.2) is 0 Å². The Bertz CT molecular complexity index is 440. The maximum atomic E-state index is 12.8. The lowest BCUT2D eigenvalue weighted by atomic mass is 9.50. The Morgan fingerprint density at radius 1 is 0.857 bits per heavy atom. The second kappa shape index (κ2) is 4.26. The van der Waals surface area contributed by atoms with Gasteiger partial charge in [-0.25, -0.2) is 0 Å². The van der Waals surface area contributed by atoms with Crippen molar-refractivity contribution in [3.63, 3.8) is 0 Å². The van der Waals surface area contributed by atoms with E-state index in [-0.39, 0.29) is 17.5 Å². The molecule has 0 heterocycles. The molecule has 21 heavy (non-hydrogen) atoms. The first-order valence-corrected chi connectivity index (χ1v) is 9.34. The zero-order chi connectivity index (χ0) is 14.2. The highest BCUT2D eigenvalue weighted by molar-refractivity contribution is 5.74. The van der Waals surface area contributed by atoms with Gasteiger partial charge in [0.05, 0.1) is 5.92 Å². The molecule has 0 radical (unpaired) electrons. The van der Waals surface area contributed by atoms with Gasteiger partial charge in [-0.05, 0) is 93.8 Å². The molecule has 6 aliphatic carbocycles. The third kappa shape index (κ3) is 1.80. The van der Waals surface area contributed by atoms with Gasteiger partial charge in [-0.15, -0.1) is 0 Å². The van der Waals surface area contributed by atoms with Crippen molar-refractivity contribution < 1.29 is 9.53 Å². The average Bonchev–Trinajstić information content (AvgIpc) is 3.07. The molecular formula is C19H28O2. The summed E-state index contributed by atoms with van der Waals surface area (Å²) in [5, 5.41) is 0. The van der Waals surface area contributed by atoms with E-state index in [9.17, 15) is 4.79 Å². The summed E-state index contributed by atoms with van der Waals surface area (Å²) < 4.78 is 6.31. The van der Waals surface area contributed by atoms with Crippen molar-refractivity contribution in [2.45, 2.75) is 70.3 Å². The highest BCUT2D eigenvalue weighted by Gasteiger charge is 2.58. The van der Waals surface area contributed by atoms with Crippen molar-refractivity contribution in [2.24, 2.45) is 41.4 Å². The zero-order valence-corrected chi connectivity index (χ0v) is 13.2. The third-order valence-electron chi connectivity index (χ3n) is 8.12. The second-order valence-corrected chi connectivity index (χ2v) is 9.19. The first-order valence-electron chi connectivity index (χ1n) is 9.34. The van der Waals surface area contributed by atoms with Crippen molar-refractivity contribution in [2.75, 3.05) is 0 Å². The van der Waals surface area contributed by atoms with Gasteiger partial charge in [0.1, 0.15) is 5.60 Å². The number of hydrogen-bond acceptors (Lipinski definition) is 2. The minimum absolute atomic E-state index is 0.119. The van der Waals surface area contributed by atoms with Crippen LogP contribution in [0.1, 0.15) is 64.7 Å². The van der Waals surface area contributed by atoms with Gasteiger partial charge in [0.25, 0.3) is 0 Å². The molecular weight excluding hydrogens is 260 g/mol. The van der Waals surface area contributed by atoms with Crippen LogP contribution in [0.5, 0.6) is 0 Å². The van der Waals surface area contributed by atoms with Crippen LogP contribution >= 0.6 is 0 Å². The van der Waals surface area contributed by atoms with E-state index in [2.05, 4.69) is 6.92 Å². The maximum absolute atomic E-state index is 12.8. The van der Waals surface area contributed by atoms with Gasteiger partial charge >= 0.3 is 5.97 Å². The largest absolute Gasteiger partial charge is 0.459 e. The van der Waals surface area contributed by atoms with E-state index in [1.54, 1.807) is 0 Å². The molecule has 0 aromatic rings. The number of esters is 1. The first kappa shape index (κ1) is 13.0. The van der Waals surface area contributed by atoms with Crippen LogP contribution < -0.4 is 0 Å². The predicted octanol–water partition coefficient (Wildman–Crippen LogP) is 4.18. The van der Waals surface area contributed by atoms with Crippen molar-refractivity contribution >= 4 is 5.97 Å². The summed E-state index contributed by atoms with van der Waals surface area (Å²) in [6, 6.07) is 0. The SMILES string of the molecule is CC1(OC(=O)C2CC3CCC2C3)C2CC3CC(C2)CC1C3. The van der Waals surface area contributed by atoms with Crippen LogP contribution in [-0.2, 0) is 9.53 Å². The fourth-order valence-corrected chi connectivity index (χ4v) is 7.11. The van der Waals surface area contributed by atoms with Crippen molar-refractivity contribution in [3.8, 4) is 0 Å². The van der Waals surface area contributed by atoms with E-state index >= 15 is 0 Å². The summed E-state index contributed by atoms with van der Waals surface area (Å²) in [5.74, 6) is 5.13. The minimum Gasteiger partial charge on any atom is -0.459 e. The van der Waals surface area contributed by atoms with E-state index in [0.717, 1.165) is 24.2 Å². The van der Waals surface area contributed by atoms with Gasteiger partial charge < -0.3 is 4.74 Å². The molecule has 3 unspecified atom stereocenters. The molecule has 0 N–H and O–H groups in total. The molecule has 0 spiro atoms. The molecule has 0 aliphatic heterocycles. The fraction of sp³-hybridized carbons (Fsp3) is 0.947. The van der Waals surface area contributed by atoms with Gasteiger partial charge in [0.2, 0.25) is 0 Å². The first-order chi connectivity index (χ1) is 10.1. The molecule has 116 valence electrons. The van der Waals surface area contributed by atoms with E-state index < -0.39 is 0 Å². The Balaban J connectivity index is 1.34. The number of rotatable bonds is 2.